The van der Waals surface area contributed by atoms with Crippen molar-refractivity contribution in [3.05, 3.63) is 0 Å². The predicted molar refractivity (Wildman–Crippen MR) is 83.2 cm³/mol. The molecule has 2 nitrogen and oxygen atoms in total. The average Bonchev–Trinajstić information content (AvgIpc) is 2.33. The molecule has 1 N–H and O–H groups in total. The van der Waals surface area contributed by atoms with Crippen LogP contribution in [-0.4, -0.2) is 36.6 Å². The van der Waals surface area contributed by atoms with E-state index in [4.69, 9.17) is 0 Å². The van der Waals surface area contributed by atoms with Crippen molar-refractivity contribution in [1.29, 1.82) is 0 Å². The fraction of sp³-hybridized carbons (Fsp3) is 1.00. The van der Waals surface area contributed by atoms with Gasteiger partial charge in [-0.05, 0) is 31.7 Å². The first-order valence-electron chi connectivity index (χ1n) is 7.86. The average molecular weight is 256 g/mol. The Morgan fingerprint density at radius 2 is 1.72 bits per heavy atom. The molecule has 0 heterocycles. The zero-order valence-electron chi connectivity index (χ0n) is 13.8. The van der Waals surface area contributed by atoms with Crippen LogP contribution in [0.25, 0.3) is 0 Å². The molecule has 0 saturated carbocycles. The van der Waals surface area contributed by atoms with Crippen molar-refractivity contribution < 1.29 is 0 Å². The third kappa shape index (κ3) is 6.75. The van der Waals surface area contributed by atoms with Gasteiger partial charge in [-0.3, -0.25) is 0 Å². The number of hydrogen-bond acceptors (Lipinski definition) is 2. The summed E-state index contributed by atoms with van der Waals surface area (Å²) in [5, 5.41) is 3.63. The maximum atomic E-state index is 3.63. The minimum absolute atomic E-state index is 0.401. The second-order valence-corrected chi connectivity index (χ2v) is 6.42. The smallest absolute Gasteiger partial charge is 0.00644 e. The van der Waals surface area contributed by atoms with Crippen LogP contribution in [0.3, 0.4) is 0 Å². The van der Waals surface area contributed by atoms with Gasteiger partial charge in [0.15, 0.2) is 0 Å². The van der Waals surface area contributed by atoms with Crippen molar-refractivity contribution >= 4 is 0 Å². The lowest BCUT2D eigenvalue weighted by Crippen LogP contribution is -2.46. The molecule has 110 valence electrons. The summed E-state index contributed by atoms with van der Waals surface area (Å²) in [6.45, 7) is 19.6. The summed E-state index contributed by atoms with van der Waals surface area (Å²) in [6, 6.07) is 1.28. The molecule has 2 atom stereocenters. The van der Waals surface area contributed by atoms with E-state index in [9.17, 15) is 0 Å². The first kappa shape index (κ1) is 17.9. The lowest BCUT2D eigenvalue weighted by Gasteiger charge is -2.38. The van der Waals surface area contributed by atoms with E-state index in [1.165, 1.54) is 25.8 Å². The Hall–Kier alpha value is -0.0800. The monoisotopic (exact) mass is 256 g/mol. The molecule has 2 heteroatoms. The first-order valence-corrected chi connectivity index (χ1v) is 7.86. The number of rotatable bonds is 10. The molecule has 0 fully saturated rings. The minimum atomic E-state index is 0.401. The molecule has 0 aliphatic carbocycles. The topological polar surface area (TPSA) is 15.3 Å². The van der Waals surface area contributed by atoms with Gasteiger partial charge in [-0.25, -0.2) is 0 Å². The van der Waals surface area contributed by atoms with Gasteiger partial charge in [-0.2, -0.15) is 0 Å². The number of nitrogens with one attached hydrogen (secondary N) is 1. The molecule has 0 bridgehead atoms. The van der Waals surface area contributed by atoms with Crippen LogP contribution in [0.5, 0.6) is 0 Å². The molecular formula is C16H36N2. The van der Waals surface area contributed by atoms with Crippen molar-refractivity contribution in [3.8, 4) is 0 Å². The Labute approximate surface area is 116 Å². The van der Waals surface area contributed by atoms with Crippen LogP contribution in [0.2, 0.25) is 0 Å². The summed E-state index contributed by atoms with van der Waals surface area (Å²) in [5.41, 5.74) is 0.401. The normalized spacial score (nSPS) is 17.2. The number of hydrogen-bond donors (Lipinski definition) is 1. The summed E-state index contributed by atoms with van der Waals surface area (Å²) in [7, 11) is 0. The molecule has 0 radical (unpaired) electrons. The zero-order valence-corrected chi connectivity index (χ0v) is 13.8. The molecule has 0 aliphatic rings. The Balaban J connectivity index is 4.55. The highest BCUT2D eigenvalue weighted by atomic mass is 15.2. The maximum Gasteiger partial charge on any atom is 0.00644 e. The van der Waals surface area contributed by atoms with Gasteiger partial charge in [-0.15, -0.1) is 0 Å². The predicted octanol–water partition coefficient (Wildman–Crippen LogP) is 3.91. The molecular weight excluding hydrogens is 220 g/mol. The third-order valence-electron chi connectivity index (χ3n) is 4.00. The molecule has 0 aliphatic heterocycles. The van der Waals surface area contributed by atoms with Gasteiger partial charge < -0.3 is 10.2 Å². The van der Waals surface area contributed by atoms with E-state index in [1.54, 1.807) is 0 Å². The molecule has 0 rings (SSSR count). The zero-order chi connectivity index (χ0) is 14.2. The summed E-state index contributed by atoms with van der Waals surface area (Å²) in [4.78, 5) is 2.64. The van der Waals surface area contributed by atoms with Crippen LogP contribution in [0.4, 0.5) is 0 Å². The lowest BCUT2D eigenvalue weighted by atomic mass is 9.84. The summed E-state index contributed by atoms with van der Waals surface area (Å²) in [6.07, 6.45) is 3.82. The Morgan fingerprint density at radius 3 is 2.11 bits per heavy atom. The summed E-state index contributed by atoms with van der Waals surface area (Å²) >= 11 is 0. The van der Waals surface area contributed by atoms with E-state index in [1.807, 2.05) is 0 Å². The summed E-state index contributed by atoms with van der Waals surface area (Å²) < 4.78 is 0. The highest BCUT2D eigenvalue weighted by Crippen LogP contribution is 2.25. The van der Waals surface area contributed by atoms with Crippen LogP contribution in [-0.2, 0) is 0 Å². The van der Waals surface area contributed by atoms with Gasteiger partial charge >= 0.3 is 0 Å². The van der Waals surface area contributed by atoms with Crippen molar-refractivity contribution in [2.75, 3.05) is 19.6 Å². The molecule has 0 aromatic rings. The van der Waals surface area contributed by atoms with Crippen molar-refractivity contribution in [2.24, 2.45) is 5.41 Å². The lowest BCUT2D eigenvalue weighted by molar-refractivity contribution is 0.117. The van der Waals surface area contributed by atoms with Crippen molar-refractivity contribution in [2.45, 2.75) is 79.8 Å². The van der Waals surface area contributed by atoms with Crippen LogP contribution in [0.15, 0.2) is 0 Å². The van der Waals surface area contributed by atoms with E-state index in [0.717, 1.165) is 13.1 Å². The molecule has 0 amide bonds. The largest absolute Gasteiger partial charge is 0.314 e. The summed E-state index contributed by atoms with van der Waals surface area (Å²) in [5.74, 6) is 0. The van der Waals surface area contributed by atoms with Gasteiger partial charge in [-0.1, -0.05) is 48.0 Å². The Kier molecular flexibility index (Phi) is 8.89. The quantitative estimate of drug-likeness (QED) is 0.637. The van der Waals surface area contributed by atoms with Crippen molar-refractivity contribution in [1.82, 2.24) is 10.2 Å². The maximum absolute atomic E-state index is 3.63. The van der Waals surface area contributed by atoms with Gasteiger partial charge in [0.1, 0.15) is 0 Å². The molecule has 18 heavy (non-hydrogen) atoms. The van der Waals surface area contributed by atoms with Crippen LogP contribution < -0.4 is 5.32 Å². The molecule has 0 spiro atoms. The van der Waals surface area contributed by atoms with Gasteiger partial charge in [0.25, 0.3) is 0 Å². The highest BCUT2D eigenvalue weighted by Gasteiger charge is 2.27. The van der Waals surface area contributed by atoms with Gasteiger partial charge in [0.05, 0.1) is 0 Å². The first-order chi connectivity index (χ1) is 8.38. The standard InChI is InChI=1S/C16H36N2/c1-8-11-16(7,12-17-14(4)5)13-18(10-3)15(6)9-2/h14-15,17H,8-13H2,1-7H3. The van der Waals surface area contributed by atoms with E-state index < -0.39 is 0 Å². The van der Waals surface area contributed by atoms with Gasteiger partial charge in [0, 0.05) is 25.2 Å². The third-order valence-corrected chi connectivity index (χ3v) is 4.00. The van der Waals surface area contributed by atoms with Gasteiger partial charge in [0.2, 0.25) is 0 Å². The fourth-order valence-electron chi connectivity index (χ4n) is 2.61. The minimum Gasteiger partial charge on any atom is -0.314 e. The molecule has 0 aromatic heterocycles. The van der Waals surface area contributed by atoms with E-state index in [-0.39, 0.29) is 0 Å². The Morgan fingerprint density at radius 1 is 1.11 bits per heavy atom. The number of nitrogens with zero attached hydrogens (tertiary/aromatic N) is 1. The molecule has 0 aromatic carbocycles. The molecule has 2 unspecified atom stereocenters. The fourth-order valence-corrected chi connectivity index (χ4v) is 2.61. The van der Waals surface area contributed by atoms with E-state index in [0.29, 0.717) is 17.5 Å². The second kappa shape index (κ2) is 8.92. The van der Waals surface area contributed by atoms with E-state index >= 15 is 0 Å². The SMILES string of the molecule is CCCC(C)(CNC(C)C)CN(CC)C(C)CC. The van der Waals surface area contributed by atoms with E-state index in [2.05, 4.69) is 58.7 Å². The van der Waals surface area contributed by atoms with Crippen molar-refractivity contribution in [3.63, 3.8) is 0 Å². The Bertz CT molecular complexity index is 203. The highest BCUT2D eigenvalue weighted by molar-refractivity contribution is 4.82. The van der Waals surface area contributed by atoms with Crippen LogP contribution >= 0.6 is 0 Å². The van der Waals surface area contributed by atoms with Crippen LogP contribution in [0.1, 0.15) is 67.7 Å². The second-order valence-electron chi connectivity index (χ2n) is 6.42. The van der Waals surface area contributed by atoms with Crippen LogP contribution in [0, 0.1) is 5.41 Å². The molecule has 0 saturated heterocycles.